The van der Waals surface area contributed by atoms with Gasteiger partial charge in [-0.3, -0.25) is 0 Å². The maximum absolute atomic E-state index is 0. The van der Waals surface area contributed by atoms with Crippen LogP contribution < -0.4 is 67.9 Å². The molecular weight excluding hydrogens is 375 g/mol. The third-order valence-electron chi connectivity index (χ3n) is 0. The fraction of sp³-hybridized carbons (Fsp3) is 0. The van der Waals surface area contributed by atoms with Gasteiger partial charge in [0.25, 0.3) is 0 Å². The Bertz CT molecular complexity index is 3.61. The summed E-state index contributed by atoms with van der Waals surface area (Å²) >= 11 is 0. The minimum absolute atomic E-state index is 0. The largest absolute Gasteiger partial charge is 1.00 e. The van der Waals surface area contributed by atoms with E-state index in [1.54, 1.807) is 0 Å². The molecular formula is Br4Mn-4. The molecule has 0 aliphatic heterocycles. The van der Waals surface area contributed by atoms with E-state index >= 15 is 0 Å². The summed E-state index contributed by atoms with van der Waals surface area (Å²) in [7, 11) is 0. The molecule has 0 aromatic heterocycles. The summed E-state index contributed by atoms with van der Waals surface area (Å²) in [6, 6.07) is 0. The van der Waals surface area contributed by atoms with Crippen LogP contribution in [0, 0.1) is 0 Å². The Kier molecular flexibility index (Phi) is 332. The van der Waals surface area contributed by atoms with E-state index in [1.807, 2.05) is 0 Å². The summed E-state index contributed by atoms with van der Waals surface area (Å²) in [4.78, 5) is 0. The molecule has 1 radical (unpaired) electrons. The van der Waals surface area contributed by atoms with E-state index in [2.05, 4.69) is 0 Å². The molecule has 0 saturated carbocycles. The van der Waals surface area contributed by atoms with Gasteiger partial charge in [-0.1, -0.05) is 0 Å². The molecule has 0 unspecified atom stereocenters. The van der Waals surface area contributed by atoms with Crippen molar-refractivity contribution in [3.8, 4) is 0 Å². The first-order chi connectivity index (χ1) is 0. The van der Waals surface area contributed by atoms with Gasteiger partial charge in [-0.25, -0.2) is 0 Å². The zero-order valence-electron chi connectivity index (χ0n) is 1.89. The maximum Gasteiger partial charge on any atom is 0 e. The van der Waals surface area contributed by atoms with Crippen LogP contribution in [0.15, 0.2) is 0 Å². The predicted octanol–water partition coefficient (Wildman–Crippen LogP) is -12.0. The Labute approximate surface area is 84.0 Å². The molecule has 5 heteroatoms. The van der Waals surface area contributed by atoms with E-state index in [0.29, 0.717) is 0 Å². The summed E-state index contributed by atoms with van der Waals surface area (Å²) in [5, 5.41) is 0. The van der Waals surface area contributed by atoms with Gasteiger partial charge in [0.15, 0.2) is 0 Å². The van der Waals surface area contributed by atoms with E-state index in [1.165, 1.54) is 0 Å². The topological polar surface area (TPSA) is 0 Å². The SMILES string of the molecule is [Br-].[Br-].[Br-].[Br-].[Mn]. The number of halogens is 4. The van der Waals surface area contributed by atoms with Crippen molar-refractivity contribution < 1.29 is 85.0 Å². The molecule has 0 fully saturated rings. The Morgan fingerprint density at radius 2 is 0.400 bits per heavy atom. The summed E-state index contributed by atoms with van der Waals surface area (Å²) in [5.41, 5.74) is 0. The fourth-order valence-electron chi connectivity index (χ4n) is 0. The van der Waals surface area contributed by atoms with E-state index < -0.39 is 0 Å². The van der Waals surface area contributed by atoms with Crippen LogP contribution in [-0.2, 0) is 17.1 Å². The molecule has 0 spiro atoms. The van der Waals surface area contributed by atoms with Gasteiger partial charge in [0, 0.05) is 17.1 Å². The van der Waals surface area contributed by atoms with Crippen molar-refractivity contribution in [1.29, 1.82) is 0 Å². The van der Waals surface area contributed by atoms with Crippen LogP contribution in [0.3, 0.4) is 0 Å². The van der Waals surface area contributed by atoms with Gasteiger partial charge in [0.1, 0.15) is 0 Å². The van der Waals surface area contributed by atoms with Crippen molar-refractivity contribution in [3.05, 3.63) is 0 Å². The van der Waals surface area contributed by atoms with E-state index in [9.17, 15) is 0 Å². The van der Waals surface area contributed by atoms with Crippen LogP contribution in [0.5, 0.6) is 0 Å². The van der Waals surface area contributed by atoms with Crippen molar-refractivity contribution in [3.63, 3.8) is 0 Å². The van der Waals surface area contributed by atoms with Gasteiger partial charge in [0.05, 0.1) is 0 Å². The molecule has 0 heterocycles. The molecule has 5 heavy (non-hydrogen) atoms. The van der Waals surface area contributed by atoms with Crippen LogP contribution in [0.25, 0.3) is 0 Å². The normalized spacial score (nSPS) is 0. The van der Waals surface area contributed by atoms with Crippen LogP contribution in [0.4, 0.5) is 0 Å². The van der Waals surface area contributed by atoms with Gasteiger partial charge in [-0.2, -0.15) is 0 Å². The molecule has 39 valence electrons. The first-order valence-electron chi connectivity index (χ1n) is 0. The standard InChI is InChI=1S/4BrH.Mn/h4*1H;/p-4. The second-order valence-electron chi connectivity index (χ2n) is 0. The summed E-state index contributed by atoms with van der Waals surface area (Å²) in [5.74, 6) is 0. The molecule has 0 amide bonds. The fourth-order valence-corrected chi connectivity index (χ4v) is 0. The van der Waals surface area contributed by atoms with Crippen LogP contribution in [0.1, 0.15) is 0 Å². The Hall–Kier alpha value is 2.44. The second kappa shape index (κ2) is 32.0. The molecule has 0 aromatic rings. The Morgan fingerprint density at radius 1 is 0.400 bits per heavy atom. The van der Waals surface area contributed by atoms with Crippen molar-refractivity contribution in [2.24, 2.45) is 0 Å². The number of hydrogen-bond acceptors (Lipinski definition) is 0. The zero-order valence-corrected chi connectivity index (χ0v) is 9.41. The smallest absolute Gasteiger partial charge is 0 e. The number of rotatable bonds is 0. The third kappa shape index (κ3) is 21.3. The van der Waals surface area contributed by atoms with Crippen molar-refractivity contribution >= 4 is 0 Å². The first-order valence-corrected chi connectivity index (χ1v) is 0. The summed E-state index contributed by atoms with van der Waals surface area (Å²) < 4.78 is 0. The monoisotopic (exact) mass is 371 g/mol. The average Bonchev–Trinajstić information content (AvgIpc) is 0. The Morgan fingerprint density at radius 3 is 0.400 bits per heavy atom. The van der Waals surface area contributed by atoms with Gasteiger partial charge < -0.3 is 67.9 Å². The van der Waals surface area contributed by atoms with Crippen LogP contribution >= 0.6 is 0 Å². The molecule has 0 atom stereocenters. The Balaban J connectivity index is 0. The minimum atomic E-state index is 0. The van der Waals surface area contributed by atoms with Crippen molar-refractivity contribution in [2.75, 3.05) is 0 Å². The van der Waals surface area contributed by atoms with Gasteiger partial charge in [-0.05, 0) is 0 Å². The molecule has 0 N–H and O–H groups in total. The van der Waals surface area contributed by atoms with Gasteiger partial charge >= 0.3 is 0 Å². The summed E-state index contributed by atoms with van der Waals surface area (Å²) in [6.07, 6.45) is 0. The first kappa shape index (κ1) is 51.8. The van der Waals surface area contributed by atoms with E-state index in [0.717, 1.165) is 0 Å². The van der Waals surface area contributed by atoms with E-state index in [4.69, 9.17) is 0 Å². The third-order valence-corrected chi connectivity index (χ3v) is 0. The molecule has 0 aliphatic rings. The second-order valence-corrected chi connectivity index (χ2v) is 0. The molecule has 0 aromatic carbocycles. The molecule has 0 bridgehead atoms. The zero-order chi connectivity index (χ0) is 0. The maximum atomic E-state index is 0. The number of hydrogen-bond donors (Lipinski definition) is 0. The quantitative estimate of drug-likeness (QED) is 0.370. The molecule has 0 nitrogen and oxygen atoms in total. The predicted molar refractivity (Wildman–Crippen MR) is 0 cm³/mol. The van der Waals surface area contributed by atoms with Crippen molar-refractivity contribution in [2.45, 2.75) is 0 Å². The van der Waals surface area contributed by atoms with Gasteiger partial charge in [0.2, 0.25) is 0 Å². The van der Waals surface area contributed by atoms with Crippen LogP contribution in [-0.4, -0.2) is 0 Å². The minimum Gasteiger partial charge on any atom is -1.00 e. The van der Waals surface area contributed by atoms with Gasteiger partial charge in [-0.15, -0.1) is 0 Å². The van der Waals surface area contributed by atoms with E-state index in [-0.39, 0.29) is 85.0 Å². The van der Waals surface area contributed by atoms with Crippen molar-refractivity contribution in [1.82, 2.24) is 0 Å². The summed E-state index contributed by atoms with van der Waals surface area (Å²) in [6.45, 7) is 0. The van der Waals surface area contributed by atoms with Crippen LogP contribution in [0.2, 0.25) is 0 Å². The average molecular weight is 375 g/mol. The molecule has 0 saturated heterocycles. The molecule has 0 aliphatic carbocycles. The molecule has 0 rings (SSSR count).